The second kappa shape index (κ2) is 5.43. The third-order valence-electron chi connectivity index (χ3n) is 1.86. The van der Waals surface area contributed by atoms with Crippen LogP contribution in [0, 0.1) is 6.92 Å². The molecule has 1 rings (SSSR count). The summed E-state index contributed by atoms with van der Waals surface area (Å²) >= 11 is 0. The van der Waals surface area contributed by atoms with Gasteiger partial charge in [0.2, 0.25) is 5.91 Å². The van der Waals surface area contributed by atoms with E-state index in [-0.39, 0.29) is 12.5 Å². The first kappa shape index (κ1) is 11.6. The molecule has 15 heavy (non-hydrogen) atoms. The van der Waals surface area contributed by atoms with Crippen LogP contribution >= 0.6 is 0 Å². The highest BCUT2D eigenvalue weighted by Crippen LogP contribution is 2.05. The number of rotatable bonds is 4. The predicted octanol–water partition coefficient (Wildman–Crippen LogP) is 0.302. The molecule has 0 aliphatic heterocycles. The van der Waals surface area contributed by atoms with E-state index in [0.29, 0.717) is 5.69 Å². The Balaban J connectivity index is 2.54. The van der Waals surface area contributed by atoms with E-state index in [4.69, 9.17) is 10.5 Å². The topological polar surface area (TPSA) is 77.2 Å². The van der Waals surface area contributed by atoms with Crippen molar-refractivity contribution in [3.63, 3.8) is 0 Å². The van der Waals surface area contributed by atoms with E-state index in [9.17, 15) is 4.79 Å². The molecule has 0 radical (unpaired) electrons. The van der Waals surface area contributed by atoms with Crippen molar-refractivity contribution < 1.29 is 9.53 Å². The standard InChI is InChI=1S/C10H15N3O2/c1-7-3-4-8(5-12-7)13-10(14)9(11)6-15-2/h3-5,9H,6,11H2,1-2H3,(H,13,14). The molecule has 0 saturated heterocycles. The third kappa shape index (κ3) is 3.65. The van der Waals surface area contributed by atoms with Gasteiger partial charge in [0.05, 0.1) is 18.5 Å². The van der Waals surface area contributed by atoms with Gasteiger partial charge in [-0.3, -0.25) is 9.78 Å². The number of ether oxygens (including phenoxy) is 1. The Hall–Kier alpha value is -1.46. The Bertz CT molecular complexity index is 324. The van der Waals surface area contributed by atoms with Crippen molar-refractivity contribution >= 4 is 11.6 Å². The number of carbonyl (C=O) groups is 1. The fourth-order valence-corrected chi connectivity index (χ4v) is 1.03. The molecular weight excluding hydrogens is 194 g/mol. The van der Waals surface area contributed by atoms with Crippen LogP contribution in [0.2, 0.25) is 0 Å². The molecule has 0 aliphatic carbocycles. The summed E-state index contributed by atoms with van der Waals surface area (Å²) in [6, 6.07) is 2.94. The van der Waals surface area contributed by atoms with Crippen LogP contribution in [0.3, 0.4) is 0 Å². The van der Waals surface area contributed by atoms with Crippen molar-refractivity contribution in [2.45, 2.75) is 13.0 Å². The zero-order valence-electron chi connectivity index (χ0n) is 8.86. The lowest BCUT2D eigenvalue weighted by Crippen LogP contribution is -2.39. The molecule has 1 amide bonds. The summed E-state index contributed by atoms with van der Waals surface area (Å²) in [6.45, 7) is 2.08. The normalized spacial score (nSPS) is 12.2. The van der Waals surface area contributed by atoms with Crippen LogP contribution in [-0.4, -0.2) is 30.6 Å². The molecule has 5 nitrogen and oxygen atoms in total. The molecule has 1 atom stereocenters. The van der Waals surface area contributed by atoms with E-state index >= 15 is 0 Å². The van der Waals surface area contributed by atoms with Crippen LogP contribution in [0.25, 0.3) is 0 Å². The summed E-state index contributed by atoms with van der Waals surface area (Å²) in [5.74, 6) is -0.275. The van der Waals surface area contributed by atoms with Crippen LogP contribution in [0.1, 0.15) is 5.69 Å². The summed E-state index contributed by atoms with van der Waals surface area (Å²) in [7, 11) is 1.50. The number of nitrogens with two attached hydrogens (primary N) is 1. The molecule has 3 N–H and O–H groups in total. The van der Waals surface area contributed by atoms with Gasteiger partial charge in [0.15, 0.2) is 0 Å². The van der Waals surface area contributed by atoms with Crippen molar-refractivity contribution in [2.24, 2.45) is 5.73 Å². The minimum absolute atomic E-state index is 0.200. The molecule has 5 heteroatoms. The number of anilines is 1. The maximum absolute atomic E-state index is 11.4. The summed E-state index contributed by atoms with van der Waals surface area (Å²) in [6.07, 6.45) is 1.59. The highest BCUT2D eigenvalue weighted by atomic mass is 16.5. The number of pyridine rings is 1. The summed E-state index contributed by atoms with van der Waals surface area (Å²) in [5.41, 5.74) is 7.08. The molecule has 0 bridgehead atoms. The molecule has 1 aromatic heterocycles. The fraction of sp³-hybridized carbons (Fsp3) is 0.400. The van der Waals surface area contributed by atoms with Crippen LogP contribution in [0.5, 0.6) is 0 Å². The number of aryl methyl sites for hydroxylation is 1. The van der Waals surface area contributed by atoms with Crippen molar-refractivity contribution in [1.82, 2.24) is 4.98 Å². The second-order valence-corrected chi connectivity index (χ2v) is 3.24. The molecule has 0 aliphatic rings. The zero-order valence-corrected chi connectivity index (χ0v) is 8.86. The Morgan fingerprint density at radius 1 is 1.67 bits per heavy atom. The second-order valence-electron chi connectivity index (χ2n) is 3.24. The van der Waals surface area contributed by atoms with Gasteiger partial charge in [0, 0.05) is 12.8 Å². The Morgan fingerprint density at radius 3 is 2.93 bits per heavy atom. The molecule has 0 saturated carbocycles. The summed E-state index contributed by atoms with van der Waals surface area (Å²) in [5, 5.41) is 2.65. The van der Waals surface area contributed by atoms with Gasteiger partial charge in [-0.25, -0.2) is 0 Å². The quantitative estimate of drug-likeness (QED) is 0.747. The minimum Gasteiger partial charge on any atom is -0.383 e. The first-order chi connectivity index (χ1) is 7.13. The lowest BCUT2D eigenvalue weighted by molar-refractivity contribution is -0.118. The van der Waals surface area contributed by atoms with E-state index in [1.807, 2.05) is 13.0 Å². The van der Waals surface area contributed by atoms with Crippen molar-refractivity contribution in [2.75, 3.05) is 19.0 Å². The average Bonchev–Trinajstić information content (AvgIpc) is 2.22. The van der Waals surface area contributed by atoms with Gasteiger partial charge in [0.1, 0.15) is 6.04 Å². The van der Waals surface area contributed by atoms with Gasteiger partial charge in [-0.2, -0.15) is 0 Å². The maximum atomic E-state index is 11.4. The number of hydrogen-bond acceptors (Lipinski definition) is 4. The summed E-state index contributed by atoms with van der Waals surface area (Å²) < 4.78 is 4.78. The minimum atomic E-state index is -0.656. The number of amides is 1. The monoisotopic (exact) mass is 209 g/mol. The van der Waals surface area contributed by atoms with Crippen molar-refractivity contribution in [3.8, 4) is 0 Å². The molecule has 0 spiro atoms. The highest BCUT2D eigenvalue weighted by molar-refractivity contribution is 5.94. The number of nitrogens with one attached hydrogen (secondary N) is 1. The van der Waals surface area contributed by atoms with Crippen LogP contribution in [0.4, 0.5) is 5.69 Å². The number of hydrogen-bond donors (Lipinski definition) is 2. The maximum Gasteiger partial charge on any atom is 0.243 e. The first-order valence-corrected chi connectivity index (χ1v) is 4.61. The lowest BCUT2D eigenvalue weighted by Gasteiger charge is -2.10. The third-order valence-corrected chi connectivity index (χ3v) is 1.86. The lowest BCUT2D eigenvalue weighted by atomic mass is 10.3. The Labute approximate surface area is 88.6 Å². The van der Waals surface area contributed by atoms with Gasteiger partial charge < -0.3 is 15.8 Å². The molecular formula is C10H15N3O2. The number of nitrogens with zero attached hydrogens (tertiary/aromatic N) is 1. The van der Waals surface area contributed by atoms with Gasteiger partial charge in [-0.05, 0) is 19.1 Å². The predicted molar refractivity (Wildman–Crippen MR) is 57.5 cm³/mol. The molecule has 1 aromatic rings. The van der Waals surface area contributed by atoms with E-state index in [1.165, 1.54) is 7.11 Å². The number of methoxy groups -OCH3 is 1. The van der Waals surface area contributed by atoms with E-state index in [0.717, 1.165) is 5.69 Å². The smallest absolute Gasteiger partial charge is 0.243 e. The Morgan fingerprint density at radius 2 is 2.40 bits per heavy atom. The largest absolute Gasteiger partial charge is 0.383 e. The number of carbonyl (C=O) groups excluding carboxylic acids is 1. The van der Waals surface area contributed by atoms with Gasteiger partial charge in [0.25, 0.3) is 0 Å². The zero-order chi connectivity index (χ0) is 11.3. The molecule has 1 unspecified atom stereocenters. The van der Waals surface area contributed by atoms with Crippen LogP contribution in [-0.2, 0) is 9.53 Å². The van der Waals surface area contributed by atoms with Gasteiger partial charge in [-0.15, -0.1) is 0 Å². The fourth-order valence-electron chi connectivity index (χ4n) is 1.03. The van der Waals surface area contributed by atoms with E-state index < -0.39 is 6.04 Å². The SMILES string of the molecule is COCC(N)C(=O)Nc1ccc(C)nc1. The summed E-state index contributed by atoms with van der Waals surface area (Å²) in [4.78, 5) is 15.5. The molecule has 0 aromatic carbocycles. The van der Waals surface area contributed by atoms with E-state index in [2.05, 4.69) is 10.3 Å². The van der Waals surface area contributed by atoms with Gasteiger partial charge in [-0.1, -0.05) is 0 Å². The average molecular weight is 209 g/mol. The van der Waals surface area contributed by atoms with Crippen LogP contribution < -0.4 is 11.1 Å². The highest BCUT2D eigenvalue weighted by Gasteiger charge is 2.12. The molecule has 0 fully saturated rings. The van der Waals surface area contributed by atoms with Gasteiger partial charge >= 0.3 is 0 Å². The van der Waals surface area contributed by atoms with E-state index in [1.54, 1.807) is 12.3 Å². The first-order valence-electron chi connectivity index (χ1n) is 4.61. The van der Waals surface area contributed by atoms with Crippen LogP contribution in [0.15, 0.2) is 18.3 Å². The molecule has 82 valence electrons. The molecule has 1 heterocycles. The van der Waals surface area contributed by atoms with Crippen molar-refractivity contribution in [3.05, 3.63) is 24.0 Å². The van der Waals surface area contributed by atoms with Crippen molar-refractivity contribution in [1.29, 1.82) is 0 Å². The Kier molecular flexibility index (Phi) is 4.20. The number of aromatic nitrogens is 1.